The zero-order valence-corrected chi connectivity index (χ0v) is 21.1. The van der Waals surface area contributed by atoms with E-state index in [1.807, 2.05) is 23.1 Å². The van der Waals surface area contributed by atoms with Crippen LogP contribution in [0.3, 0.4) is 0 Å². The summed E-state index contributed by atoms with van der Waals surface area (Å²) in [5.74, 6) is -0.354. The molecule has 36 heavy (non-hydrogen) atoms. The van der Waals surface area contributed by atoms with Crippen molar-refractivity contribution in [3.8, 4) is 10.6 Å². The van der Waals surface area contributed by atoms with Gasteiger partial charge in [0.15, 0.2) is 0 Å². The van der Waals surface area contributed by atoms with E-state index in [2.05, 4.69) is 11.4 Å². The number of thiophene rings is 1. The summed E-state index contributed by atoms with van der Waals surface area (Å²) in [5, 5.41) is 16.6. The molecular weight excluding hydrogens is 496 g/mol. The van der Waals surface area contributed by atoms with Gasteiger partial charge in [-0.2, -0.15) is 0 Å². The minimum atomic E-state index is -0.419. The van der Waals surface area contributed by atoms with Gasteiger partial charge in [0.05, 0.1) is 28.4 Å². The molecule has 3 heterocycles. The SMILES string of the molecule is O=C(Nc1sc2c(c1-c1nc3ccccc3s1)CCCC2)c1ccc(N2CCOCC2)c([N+](=O)[O-])c1. The number of hydrogen-bond donors (Lipinski definition) is 1. The largest absolute Gasteiger partial charge is 0.378 e. The lowest BCUT2D eigenvalue weighted by atomic mass is 9.95. The standard InChI is InChI=1S/C26H24N4O4S2/c31-24(16-9-10-19(20(15-16)30(32)33)29-11-13-34-14-12-29)28-26-23(17-5-1-3-7-21(17)35-26)25-27-18-6-2-4-8-22(18)36-25/h2,4,6,8-10,15H,1,3,5,7,11-14H2,(H,28,31). The lowest BCUT2D eigenvalue weighted by Crippen LogP contribution is -2.36. The lowest BCUT2D eigenvalue weighted by Gasteiger charge is -2.28. The first-order chi connectivity index (χ1) is 17.6. The van der Waals surface area contributed by atoms with E-state index in [1.165, 1.54) is 16.5 Å². The molecule has 0 bridgehead atoms. The summed E-state index contributed by atoms with van der Waals surface area (Å²) >= 11 is 3.23. The number of ether oxygens (including phenoxy) is 1. The predicted molar refractivity (Wildman–Crippen MR) is 144 cm³/mol. The van der Waals surface area contributed by atoms with E-state index in [0.29, 0.717) is 32.0 Å². The minimum absolute atomic E-state index is 0.0681. The predicted octanol–water partition coefficient (Wildman–Crippen LogP) is 5.90. The van der Waals surface area contributed by atoms with Crippen molar-refractivity contribution >= 4 is 55.2 Å². The Morgan fingerprint density at radius 1 is 1.08 bits per heavy atom. The lowest BCUT2D eigenvalue weighted by molar-refractivity contribution is -0.384. The van der Waals surface area contributed by atoms with E-state index in [1.54, 1.807) is 34.8 Å². The molecule has 2 aliphatic rings. The number of para-hydroxylation sites is 1. The summed E-state index contributed by atoms with van der Waals surface area (Å²) in [5.41, 5.74) is 3.93. The molecule has 1 amide bonds. The van der Waals surface area contributed by atoms with Crippen molar-refractivity contribution < 1.29 is 14.5 Å². The molecule has 0 spiro atoms. The van der Waals surface area contributed by atoms with Gasteiger partial charge < -0.3 is 15.0 Å². The zero-order chi connectivity index (χ0) is 24.6. The Hall–Kier alpha value is -3.34. The van der Waals surface area contributed by atoms with Crippen molar-refractivity contribution in [2.45, 2.75) is 25.7 Å². The molecular formula is C26H24N4O4S2. The van der Waals surface area contributed by atoms with Crippen molar-refractivity contribution in [1.82, 2.24) is 4.98 Å². The molecule has 0 radical (unpaired) electrons. The number of carbonyl (C=O) groups is 1. The van der Waals surface area contributed by atoms with Crippen molar-refractivity contribution in [3.05, 3.63) is 68.6 Å². The summed E-state index contributed by atoms with van der Waals surface area (Å²) < 4.78 is 6.48. The number of nitrogens with zero attached hydrogens (tertiary/aromatic N) is 3. The highest BCUT2D eigenvalue weighted by molar-refractivity contribution is 7.23. The molecule has 0 atom stereocenters. The smallest absolute Gasteiger partial charge is 0.293 e. The molecule has 2 aromatic carbocycles. The van der Waals surface area contributed by atoms with Gasteiger partial charge in [-0.3, -0.25) is 14.9 Å². The van der Waals surface area contributed by atoms with Crippen molar-refractivity contribution in [1.29, 1.82) is 0 Å². The van der Waals surface area contributed by atoms with Crippen LogP contribution in [0, 0.1) is 10.1 Å². The van der Waals surface area contributed by atoms with Crippen LogP contribution in [0.25, 0.3) is 20.8 Å². The van der Waals surface area contributed by atoms with Crippen molar-refractivity contribution in [3.63, 3.8) is 0 Å². The third kappa shape index (κ3) is 4.25. The molecule has 1 aliphatic carbocycles. The molecule has 4 aromatic rings. The second kappa shape index (κ2) is 9.61. The van der Waals surface area contributed by atoms with Crippen molar-refractivity contribution in [2.75, 3.05) is 36.5 Å². The van der Waals surface area contributed by atoms with E-state index in [0.717, 1.165) is 51.5 Å². The maximum Gasteiger partial charge on any atom is 0.293 e. The molecule has 0 unspecified atom stereocenters. The van der Waals surface area contributed by atoms with E-state index < -0.39 is 4.92 Å². The second-order valence-electron chi connectivity index (χ2n) is 8.92. The third-order valence-corrected chi connectivity index (χ3v) is 8.95. The summed E-state index contributed by atoms with van der Waals surface area (Å²) in [4.78, 5) is 32.9. The Morgan fingerprint density at radius 2 is 1.89 bits per heavy atom. The fraction of sp³-hybridized carbons (Fsp3) is 0.308. The van der Waals surface area contributed by atoms with E-state index in [9.17, 15) is 14.9 Å². The number of rotatable bonds is 5. The third-order valence-electron chi connectivity index (χ3n) is 6.69. The van der Waals surface area contributed by atoms with Crippen LogP contribution in [-0.2, 0) is 17.6 Å². The number of carbonyl (C=O) groups excluding carboxylic acids is 1. The van der Waals surface area contributed by atoms with Crippen molar-refractivity contribution in [2.24, 2.45) is 0 Å². The molecule has 184 valence electrons. The number of fused-ring (bicyclic) bond motifs is 2. The molecule has 1 N–H and O–H groups in total. The number of hydrogen-bond acceptors (Lipinski definition) is 8. The number of aromatic nitrogens is 1. The van der Waals surface area contributed by atoms with Crippen LogP contribution in [-0.4, -0.2) is 42.1 Å². The van der Waals surface area contributed by atoms with E-state index in [-0.39, 0.29) is 17.2 Å². The summed E-state index contributed by atoms with van der Waals surface area (Å²) in [6.07, 6.45) is 4.21. The maximum absolute atomic E-state index is 13.4. The first kappa shape index (κ1) is 23.1. The highest BCUT2D eigenvalue weighted by Gasteiger charge is 2.27. The van der Waals surface area contributed by atoms with Crippen LogP contribution in [0.15, 0.2) is 42.5 Å². The highest BCUT2D eigenvalue weighted by Crippen LogP contribution is 2.46. The van der Waals surface area contributed by atoms with Crippen LogP contribution in [0.5, 0.6) is 0 Å². The van der Waals surface area contributed by atoms with E-state index in [4.69, 9.17) is 9.72 Å². The first-order valence-electron chi connectivity index (χ1n) is 12.0. The number of benzene rings is 2. The number of nitro benzene ring substituents is 1. The number of morpholine rings is 1. The summed E-state index contributed by atoms with van der Waals surface area (Å²) in [6, 6.07) is 12.8. The van der Waals surface area contributed by atoms with Crippen LogP contribution < -0.4 is 10.2 Å². The molecule has 0 saturated carbocycles. The molecule has 1 fully saturated rings. The van der Waals surface area contributed by atoms with Crippen LogP contribution in [0.2, 0.25) is 0 Å². The second-order valence-corrected chi connectivity index (χ2v) is 11.1. The Labute approximate surface area is 215 Å². The van der Waals surface area contributed by atoms with Crippen LogP contribution in [0.1, 0.15) is 33.6 Å². The Morgan fingerprint density at radius 3 is 2.69 bits per heavy atom. The number of aryl methyl sites for hydroxylation is 1. The highest BCUT2D eigenvalue weighted by atomic mass is 32.1. The zero-order valence-electron chi connectivity index (χ0n) is 19.5. The average Bonchev–Trinajstić information content (AvgIpc) is 3.49. The molecule has 1 aliphatic heterocycles. The monoisotopic (exact) mass is 520 g/mol. The minimum Gasteiger partial charge on any atom is -0.378 e. The molecule has 6 rings (SSSR count). The molecule has 1 saturated heterocycles. The van der Waals surface area contributed by atoms with E-state index >= 15 is 0 Å². The Kier molecular flexibility index (Phi) is 6.16. The number of amides is 1. The van der Waals surface area contributed by atoms with Gasteiger partial charge in [0.25, 0.3) is 11.6 Å². The average molecular weight is 521 g/mol. The fourth-order valence-electron chi connectivity index (χ4n) is 4.92. The number of anilines is 2. The summed E-state index contributed by atoms with van der Waals surface area (Å²) in [7, 11) is 0. The van der Waals surface area contributed by atoms with Gasteiger partial charge >= 0.3 is 0 Å². The Balaban J connectivity index is 1.35. The molecule has 2 aromatic heterocycles. The molecule has 8 nitrogen and oxygen atoms in total. The maximum atomic E-state index is 13.4. The number of nitro groups is 1. The normalized spacial score (nSPS) is 15.6. The number of nitrogens with one attached hydrogen (secondary N) is 1. The van der Waals surface area contributed by atoms with Gasteiger partial charge in [-0.1, -0.05) is 12.1 Å². The van der Waals surface area contributed by atoms with Gasteiger partial charge in [0.2, 0.25) is 0 Å². The van der Waals surface area contributed by atoms with Gasteiger partial charge in [0, 0.05) is 35.2 Å². The van der Waals surface area contributed by atoms with Gasteiger partial charge in [0.1, 0.15) is 15.7 Å². The van der Waals surface area contributed by atoms with Crippen LogP contribution >= 0.6 is 22.7 Å². The first-order valence-corrected chi connectivity index (χ1v) is 13.6. The molecule has 10 heteroatoms. The fourth-order valence-corrected chi connectivity index (χ4v) is 7.31. The van der Waals surface area contributed by atoms with Gasteiger partial charge in [-0.25, -0.2) is 4.98 Å². The van der Waals surface area contributed by atoms with Gasteiger partial charge in [-0.15, -0.1) is 22.7 Å². The quantitative estimate of drug-likeness (QED) is 0.260. The Bertz CT molecular complexity index is 1440. The summed E-state index contributed by atoms with van der Waals surface area (Å²) in [6.45, 7) is 2.21. The van der Waals surface area contributed by atoms with Gasteiger partial charge in [-0.05, 0) is 55.5 Å². The topological polar surface area (TPSA) is 97.6 Å². The number of thiazole rings is 1. The van der Waals surface area contributed by atoms with Crippen LogP contribution in [0.4, 0.5) is 16.4 Å².